The van der Waals surface area contributed by atoms with Crippen LogP contribution in [0.3, 0.4) is 0 Å². The third-order valence-electron chi connectivity index (χ3n) is 5.06. The molecule has 1 amide bonds. The van der Waals surface area contributed by atoms with Crippen LogP contribution < -0.4 is 10.9 Å². The monoisotopic (exact) mass is 437 g/mol. The molecule has 1 N–H and O–H groups in total. The van der Waals surface area contributed by atoms with E-state index < -0.39 is 28.8 Å². The van der Waals surface area contributed by atoms with Gasteiger partial charge in [0.15, 0.2) is 17.2 Å². The quantitative estimate of drug-likeness (QED) is 0.393. The van der Waals surface area contributed by atoms with Gasteiger partial charge in [0.1, 0.15) is 36.7 Å². The molecule has 32 heavy (non-hydrogen) atoms. The highest BCUT2D eigenvalue weighted by Crippen LogP contribution is 2.33. The molecule has 0 radical (unpaired) electrons. The number of hydrogen-bond donors (Lipinski definition) is 1. The van der Waals surface area contributed by atoms with Gasteiger partial charge in [0.25, 0.3) is 17.2 Å². The van der Waals surface area contributed by atoms with Crippen LogP contribution in [0.15, 0.2) is 47.3 Å². The molecule has 4 rings (SSSR count). The predicted molar refractivity (Wildman–Crippen MR) is 116 cm³/mol. The molecule has 162 valence electrons. The summed E-state index contributed by atoms with van der Waals surface area (Å²) >= 11 is 0. The number of nitrogens with zero attached hydrogens (tertiary/aromatic N) is 5. The fraction of sp³-hybridized carbons (Fsp3) is 0.136. The van der Waals surface area contributed by atoms with Gasteiger partial charge in [-0.15, -0.1) is 0 Å². The predicted octanol–water partition coefficient (Wildman–Crippen LogP) is 2.93. The van der Waals surface area contributed by atoms with Crippen molar-refractivity contribution < 1.29 is 18.2 Å². The minimum atomic E-state index is -0.978. The Bertz CT molecular complexity index is 1450. The van der Waals surface area contributed by atoms with Crippen molar-refractivity contribution in [3.8, 4) is 5.69 Å². The molecule has 0 saturated carbocycles. The maximum atomic E-state index is 14.2. The summed E-state index contributed by atoms with van der Waals surface area (Å²) in [6, 6.07) is 8.88. The SMILES string of the molecule is C=[N+](C)c1c(NC(=O)c2ccc(=O)n(-c3c(F)cccc3F)n2)ccc2c1nc(C)n2C. The Morgan fingerprint density at radius 2 is 1.81 bits per heavy atom. The highest BCUT2D eigenvalue weighted by atomic mass is 19.1. The van der Waals surface area contributed by atoms with E-state index in [1.165, 1.54) is 12.1 Å². The number of halogens is 2. The lowest BCUT2D eigenvalue weighted by Gasteiger charge is -2.10. The summed E-state index contributed by atoms with van der Waals surface area (Å²) < 4.78 is 32.3. The Labute approximate surface area is 181 Å². The average molecular weight is 437 g/mol. The largest absolute Gasteiger partial charge is 0.331 e. The van der Waals surface area contributed by atoms with Crippen molar-refractivity contribution in [2.75, 3.05) is 12.4 Å². The molecule has 4 aromatic rings. The van der Waals surface area contributed by atoms with Crippen molar-refractivity contribution in [1.29, 1.82) is 0 Å². The summed E-state index contributed by atoms with van der Waals surface area (Å²) in [7, 11) is 3.60. The van der Waals surface area contributed by atoms with E-state index in [9.17, 15) is 18.4 Å². The van der Waals surface area contributed by atoms with Gasteiger partial charge in [-0.1, -0.05) is 6.07 Å². The van der Waals surface area contributed by atoms with Crippen molar-refractivity contribution in [1.82, 2.24) is 19.3 Å². The molecule has 0 aliphatic carbocycles. The molecule has 0 spiro atoms. The van der Waals surface area contributed by atoms with Gasteiger partial charge in [-0.05, 0) is 37.3 Å². The van der Waals surface area contributed by atoms with Crippen LogP contribution >= 0.6 is 0 Å². The lowest BCUT2D eigenvalue weighted by Crippen LogP contribution is -2.26. The lowest BCUT2D eigenvalue weighted by molar-refractivity contribution is -0.392. The minimum absolute atomic E-state index is 0.206. The van der Waals surface area contributed by atoms with Gasteiger partial charge in [0.2, 0.25) is 0 Å². The first-order valence-corrected chi connectivity index (χ1v) is 9.55. The molecular formula is C22H19F2N6O2+. The van der Waals surface area contributed by atoms with Crippen LogP contribution in [-0.4, -0.2) is 43.6 Å². The number of fused-ring (bicyclic) bond motifs is 1. The number of hydrogen-bond acceptors (Lipinski definition) is 4. The van der Waals surface area contributed by atoms with Crippen LogP contribution in [-0.2, 0) is 7.05 Å². The number of carbonyl (C=O) groups is 1. The number of carbonyl (C=O) groups excluding carboxylic acids is 1. The zero-order valence-electron chi connectivity index (χ0n) is 17.6. The lowest BCUT2D eigenvalue weighted by atomic mass is 10.2. The van der Waals surface area contributed by atoms with Crippen molar-refractivity contribution in [2.24, 2.45) is 7.05 Å². The summed E-state index contributed by atoms with van der Waals surface area (Å²) in [6.07, 6.45) is 0. The van der Waals surface area contributed by atoms with Gasteiger partial charge < -0.3 is 9.88 Å². The summed E-state index contributed by atoms with van der Waals surface area (Å²) in [5.41, 5.74) is 0.842. The third kappa shape index (κ3) is 3.45. The summed E-state index contributed by atoms with van der Waals surface area (Å²) in [4.78, 5) is 29.7. The molecule has 0 aliphatic rings. The number of imidazole rings is 1. The number of nitrogens with one attached hydrogen (secondary N) is 1. The number of aryl methyl sites for hydroxylation is 2. The highest BCUT2D eigenvalue weighted by molar-refractivity contribution is 6.06. The van der Waals surface area contributed by atoms with Gasteiger partial charge in [0, 0.05) is 13.1 Å². The van der Waals surface area contributed by atoms with Gasteiger partial charge >= 0.3 is 0 Å². The molecule has 0 saturated heterocycles. The van der Waals surface area contributed by atoms with E-state index in [0.29, 0.717) is 21.6 Å². The Hall–Kier alpha value is -4.21. The molecule has 0 unspecified atom stereocenters. The van der Waals surface area contributed by atoms with E-state index >= 15 is 0 Å². The fourth-order valence-corrected chi connectivity index (χ4v) is 3.42. The molecular weight excluding hydrogens is 418 g/mol. The Morgan fingerprint density at radius 3 is 2.47 bits per heavy atom. The summed E-state index contributed by atoms with van der Waals surface area (Å²) in [5, 5.41) is 6.60. The number of rotatable bonds is 4. The van der Waals surface area contributed by atoms with Gasteiger partial charge in [-0.2, -0.15) is 9.78 Å². The number of para-hydroxylation sites is 1. The average Bonchev–Trinajstić information content (AvgIpc) is 3.02. The topological polar surface area (TPSA) is 84.8 Å². The molecule has 0 fully saturated rings. The van der Waals surface area contributed by atoms with E-state index in [0.717, 1.165) is 29.5 Å². The van der Waals surface area contributed by atoms with Crippen LogP contribution in [0.4, 0.5) is 20.2 Å². The standard InChI is InChI=1S/C22H18F2N6O2/c1-12-25-19-17(29(12)4)10-8-15(21(19)28(2)3)26-22(32)16-9-11-18(31)30(27-16)20-13(23)6-5-7-14(20)24/h5-11H,2H2,1,3-4H3/p+1. The van der Waals surface area contributed by atoms with E-state index in [1.807, 2.05) is 18.5 Å². The zero-order chi connectivity index (χ0) is 23.2. The van der Waals surface area contributed by atoms with E-state index in [2.05, 4.69) is 22.1 Å². The fourth-order valence-electron chi connectivity index (χ4n) is 3.42. The first kappa shape index (κ1) is 21.0. The first-order chi connectivity index (χ1) is 15.2. The zero-order valence-corrected chi connectivity index (χ0v) is 17.6. The molecule has 8 nitrogen and oxygen atoms in total. The number of benzene rings is 2. The third-order valence-corrected chi connectivity index (χ3v) is 5.06. The van der Waals surface area contributed by atoms with E-state index in [4.69, 9.17) is 0 Å². The Kier molecular flexibility index (Phi) is 5.13. The second kappa shape index (κ2) is 7.80. The molecule has 0 aliphatic heterocycles. The van der Waals surface area contributed by atoms with Crippen molar-refractivity contribution in [3.05, 3.63) is 76.0 Å². The number of aromatic nitrogens is 4. The Morgan fingerprint density at radius 1 is 1.12 bits per heavy atom. The molecule has 2 aromatic heterocycles. The van der Waals surface area contributed by atoms with Crippen molar-refractivity contribution in [3.63, 3.8) is 0 Å². The van der Waals surface area contributed by atoms with Crippen molar-refractivity contribution >= 4 is 35.0 Å². The Balaban J connectivity index is 1.77. The molecule has 0 bridgehead atoms. The maximum absolute atomic E-state index is 14.2. The van der Waals surface area contributed by atoms with Gasteiger partial charge in [-0.25, -0.2) is 18.3 Å². The minimum Gasteiger partial charge on any atom is -0.331 e. The van der Waals surface area contributed by atoms with Crippen LogP contribution in [0.1, 0.15) is 16.3 Å². The van der Waals surface area contributed by atoms with Crippen LogP contribution in [0.25, 0.3) is 16.7 Å². The van der Waals surface area contributed by atoms with E-state index in [-0.39, 0.29) is 5.69 Å². The van der Waals surface area contributed by atoms with Crippen LogP contribution in [0, 0.1) is 18.6 Å². The van der Waals surface area contributed by atoms with Gasteiger partial charge in [-0.3, -0.25) is 9.59 Å². The molecule has 0 atom stereocenters. The first-order valence-electron chi connectivity index (χ1n) is 9.55. The molecule has 10 heteroatoms. The smallest absolute Gasteiger partial charge is 0.276 e. The van der Waals surface area contributed by atoms with Crippen LogP contribution in [0.2, 0.25) is 0 Å². The molecule has 2 heterocycles. The summed E-state index contributed by atoms with van der Waals surface area (Å²) in [6.45, 7) is 5.77. The van der Waals surface area contributed by atoms with E-state index in [1.54, 1.807) is 23.8 Å². The molecule has 2 aromatic carbocycles. The second-order valence-corrected chi connectivity index (χ2v) is 7.24. The normalized spacial score (nSPS) is 11.0. The number of amides is 1. The van der Waals surface area contributed by atoms with Crippen molar-refractivity contribution in [2.45, 2.75) is 6.92 Å². The highest BCUT2D eigenvalue weighted by Gasteiger charge is 2.23. The second-order valence-electron chi connectivity index (χ2n) is 7.24. The summed E-state index contributed by atoms with van der Waals surface area (Å²) in [5.74, 6) is -1.85. The van der Waals surface area contributed by atoms with Gasteiger partial charge in [0.05, 0.1) is 5.52 Å². The number of anilines is 1. The van der Waals surface area contributed by atoms with Crippen LogP contribution in [0.5, 0.6) is 0 Å². The maximum Gasteiger partial charge on any atom is 0.276 e.